The Hall–Kier alpha value is -0.460. The molecule has 0 saturated carbocycles. The predicted molar refractivity (Wildman–Crippen MR) is 47.2 cm³/mol. The number of rotatable bonds is 6. The fourth-order valence-electron chi connectivity index (χ4n) is 0.666. The second kappa shape index (κ2) is 6.10. The Morgan fingerprint density at radius 2 is 2.14 bits per heavy atom. The molecule has 1 atom stereocenters. The van der Waals surface area contributed by atoms with Gasteiger partial charge in [-0.1, -0.05) is 0 Å². The van der Waals surface area contributed by atoms with E-state index in [4.69, 9.17) is 15.5 Å². The third-order valence-electron chi connectivity index (χ3n) is 1.28. The minimum absolute atomic E-state index is 0.00391. The van der Waals surface area contributed by atoms with Gasteiger partial charge in [-0.05, 0) is 13.3 Å². The van der Waals surface area contributed by atoms with E-state index in [0.717, 1.165) is 0 Å². The Balaban J connectivity index is 3.69. The number of phosphoric ester groups is 1. The molecule has 0 bridgehead atoms. The van der Waals surface area contributed by atoms with Gasteiger partial charge in [0.2, 0.25) is 0 Å². The molecule has 0 unspecified atom stereocenters. The van der Waals surface area contributed by atoms with Crippen LogP contribution in [-0.2, 0) is 18.6 Å². The lowest BCUT2D eigenvalue weighted by atomic mass is 10.2. The van der Waals surface area contributed by atoms with Crippen molar-refractivity contribution < 1.29 is 28.4 Å². The van der Waals surface area contributed by atoms with E-state index in [1.165, 1.54) is 0 Å². The molecule has 0 aliphatic heterocycles. The van der Waals surface area contributed by atoms with Crippen molar-refractivity contribution in [3.05, 3.63) is 0 Å². The molecule has 4 N–H and O–H groups in total. The maximum absolute atomic E-state index is 10.9. The van der Waals surface area contributed by atoms with Crippen LogP contribution < -0.4 is 5.73 Å². The van der Waals surface area contributed by atoms with Crippen LogP contribution in [0.2, 0.25) is 0 Å². The summed E-state index contributed by atoms with van der Waals surface area (Å²) in [4.78, 5) is 27.5. The first-order valence-electron chi connectivity index (χ1n) is 3.99. The van der Waals surface area contributed by atoms with Crippen molar-refractivity contribution in [3.63, 3.8) is 0 Å². The Kier molecular flexibility index (Phi) is 5.90. The zero-order valence-corrected chi connectivity index (χ0v) is 8.65. The Bertz CT molecular complexity index is 226. The normalized spacial score (nSPS) is 13.7. The van der Waals surface area contributed by atoms with Crippen LogP contribution in [0.1, 0.15) is 13.3 Å². The van der Waals surface area contributed by atoms with Crippen molar-refractivity contribution in [1.29, 1.82) is 0 Å². The van der Waals surface area contributed by atoms with Crippen molar-refractivity contribution in [2.45, 2.75) is 19.4 Å². The lowest BCUT2D eigenvalue weighted by molar-refractivity contribution is -0.145. The summed E-state index contributed by atoms with van der Waals surface area (Å²) in [6, 6.07) is -0.915. The van der Waals surface area contributed by atoms with Crippen molar-refractivity contribution in [3.8, 4) is 0 Å². The number of hydrogen-bond acceptors (Lipinski definition) is 5. The van der Waals surface area contributed by atoms with E-state index in [9.17, 15) is 9.36 Å². The van der Waals surface area contributed by atoms with Gasteiger partial charge in [0, 0.05) is 0 Å². The predicted octanol–water partition coefficient (Wildman–Crippen LogP) is -0.624. The third-order valence-corrected chi connectivity index (χ3v) is 1.80. The molecule has 0 aliphatic rings. The summed E-state index contributed by atoms with van der Waals surface area (Å²) in [6.07, 6.45) is 0.00391. The first-order valence-corrected chi connectivity index (χ1v) is 5.52. The highest BCUT2D eigenvalue weighted by atomic mass is 31.2. The average molecular weight is 227 g/mol. The molecule has 0 fully saturated rings. The maximum Gasteiger partial charge on any atom is 0.469 e. The Morgan fingerprint density at radius 3 is 2.57 bits per heavy atom. The molecule has 0 spiro atoms. The van der Waals surface area contributed by atoms with Crippen LogP contribution in [-0.4, -0.2) is 35.0 Å². The molecule has 7 nitrogen and oxygen atoms in total. The van der Waals surface area contributed by atoms with Gasteiger partial charge in [0.05, 0.1) is 13.2 Å². The average Bonchev–Trinajstić information content (AvgIpc) is 2.02. The summed E-state index contributed by atoms with van der Waals surface area (Å²) in [5.74, 6) is -0.609. The van der Waals surface area contributed by atoms with Gasteiger partial charge >= 0.3 is 13.8 Å². The number of phosphoric acid groups is 1. The lowest BCUT2D eigenvalue weighted by Crippen LogP contribution is -2.33. The van der Waals surface area contributed by atoms with Crippen LogP contribution in [0.5, 0.6) is 0 Å². The highest BCUT2D eigenvalue weighted by Crippen LogP contribution is 2.35. The van der Waals surface area contributed by atoms with Gasteiger partial charge in [-0.15, -0.1) is 0 Å². The van der Waals surface area contributed by atoms with E-state index in [-0.39, 0.29) is 19.6 Å². The summed E-state index contributed by atoms with van der Waals surface area (Å²) in [5, 5.41) is 0. The Labute approximate surface area is 81.4 Å². The first-order chi connectivity index (χ1) is 6.37. The zero-order chi connectivity index (χ0) is 11.2. The summed E-state index contributed by atoms with van der Waals surface area (Å²) >= 11 is 0. The maximum atomic E-state index is 10.9. The van der Waals surface area contributed by atoms with Crippen molar-refractivity contribution in [1.82, 2.24) is 0 Å². The summed E-state index contributed by atoms with van der Waals surface area (Å²) < 4.78 is 18.9. The molecule has 0 radical (unpaired) electrons. The largest absolute Gasteiger partial charge is 0.469 e. The zero-order valence-electron chi connectivity index (χ0n) is 7.75. The number of esters is 1. The second-order valence-electron chi connectivity index (χ2n) is 2.47. The monoisotopic (exact) mass is 227 g/mol. The van der Waals surface area contributed by atoms with Gasteiger partial charge in [0.1, 0.15) is 6.04 Å². The number of nitrogens with two attached hydrogens (primary N) is 1. The molecule has 0 saturated heterocycles. The minimum atomic E-state index is -4.48. The molecule has 8 heteroatoms. The van der Waals surface area contributed by atoms with Crippen molar-refractivity contribution in [2.75, 3.05) is 13.2 Å². The van der Waals surface area contributed by atoms with Gasteiger partial charge in [-0.2, -0.15) is 0 Å². The summed E-state index contributed by atoms with van der Waals surface area (Å²) in [6.45, 7) is 1.56. The molecule has 0 aromatic carbocycles. The standard InChI is InChI=1S/C6H14NO6P/c1-2-12-6(8)5(7)3-4-13-14(9,10)11/h5H,2-4,7H2,1H3,(H2,9,10,11)/t5-/m0/s1. The minimum Gasteiger partial charge on any atom is -0.465 e. The van der Waals surface area contributed by atoms with Gasteiger partial charge in [-0.3, -0.25) is 9.32 Å². The van der Waals surface area contributed by atoms with Gasteiger partial charge in [0.15, 0.2) is 0 Å². The highest BCUT2D eigenvalue weighted by Gasteiger charge is 2.18. The van der Waals surface area contributed by atoms with Crippen LogP contribution >= 0.6 is 7.82 Å². The molecule has 0 aromatic rings. The smallest absolute Gasteiger partial charge is 0.465 e. The van der Waals surface area contributed by atoms with E-state index in [1.807, 2.05) is 0 Å². The molecule has 0 aromatic heterocycles. The second-order valence-corrected chi connectivity index (χ2v) is 3.71. The number of ether oxygens (including phenoxy) is 1. The number of carbonyl (C=O) groups is 1. The third kappa shape index (κ3) is 6.99. The van der Waals surface area contributed by atoms with Crippen LogP contribution in [0.25, 0.3) is 0 Å². The fourth-order valence-corrected chi connectivity index (χ4v) is 1.01. The molecule has 0 rings (SSSR count). The molecule has 14 heavy (non-hydrogen) atoms. The van der Waals surface area contributed by atoms with E-state index >= 15 is 0 Å². The molecule has 84 valence electrons. The summed E-state index contributed by atoms with van der Waals surface area (Å²) in [5.41, 5.74) is 5.33. The van der Waals surface area contributed by atoms with Crippen LogP contribution in [0.15, 0.2) is 0 Å². The SMILES string of the molecule is CCOC(=O)[C@@H](N)CCOP(=O)(O)O. The molecule has 0 aliphatic carbocycles. The fraction of sp³-hybridized carbons (Fsp3) is 0.833. The van der Waals surface area contributed by atoms with E-state index in [1.54, 1.807) is 6.92 Å². The van der Waals surface area contributed by atoms with Gasteiger partial charge in [0.25, 0.3) is 0 Å². The number of hydrogen-bond donors (Lipinski definition) is 3. The van der Waals surface area contributed by atoms with E-state index < -0.39 is 19.8 Å². The molecular weight excluding hydrogens is 213 g/mol. The van der Waals surface area contributed by atoms with Gasteiger partial charge in [-0.25, -0.2) is 4.57 Å². The van der Waals surface area contributed by atoms with E-state index in [2.05, 4.69) is 9.26 Å². The van der Waals surface area contributed by atoms with Crippen molar-refractivity contribution >= 4 is 13.8 Å². The van der Waals surface area contributed by atoms with Crippen LogP contribution in [0.3, 0.4) is 0 Å². The topological polar surface area (TPSA) is 119 Å². The summed E-state index contributed by atoms with van der Waals surface area (Å²) in [7, 11) is -4.48. The van der Waals surface area contributed by atoms with Crippen LogP contribution in [0, 0.1) is 0 Å². The quantitative estimate of drug-likeness (QED) is 0.408. The lowest BCUT2D eigenvalue weighted by Gasteiger charge is -2.10. The van der Waals surface area contributed by atoms with Crippen molar-refractivity contribution in [2.24, 2.45) is 5.73 Å². The van der Waals surface area contributed by atoms with Crippen LogP contribution in [0.4, 0.5) is 0 Å². The molecule has 0 heterocycles. The van der Waals surface area contributed by atoms with Gasteiger partial charge < -0.3 is 20.3 Å². The Morgan fingerprint density at radius 1 is 1.57 bits per heavy atom. The highest BCUT2D eigenvalue weighted by molar-refractivity contribution is 7.46. The molecule has 0 amide bonds. The first kappa shape index (κ1) is 13.5. The molecular formula is C6H14NO6P. The van der Waals surface area contributed by atoms with E-state index in [0.29, 0.717) is 0 Å². The number of carbonyl (C=O) groups excluding carboxylic acids is 1.